The Morgan fingerprint density at radius 3 is 2.25 bits per heavy atom. The van der Waals surface area contributed by atoms with E-state index >= 15 is 0 Å². The van der Waals surface area contributed by atoms with E-state index in [1.807, 2.05) is 7.05 Å². The lowest BCUT2D eigenvalue weighted by molar-refractivity contribution is 0.710. The van der Waals surface area contributed by atoms with E-state index in [1.165, 1.54) is 0 Å². The SMILES string of the molecule is CNC1(C(N)=S)CC1. The third kappa shape index (κ3) is 0.717. The zero-order chi connectivity index (χ0) is 6.20. The third-order valence-corrected chi connectivity index (χ3v) is 2.09. The van der Waals surface area contributed by atoms with Crippen LogP contribution in [0.25, 0.3) is 0 Å². The van der Waals surface area contributed by atoms with Crippen LogP contribution in [0.4, 0.5) is 0 Å². The molecule has 8 heavy (non-hydrogen) atoms. The molecule has 0 aromatic carbocycles. The number of likely N-dealkylation sites (N-methyl/N-ethyl adjacent to an activating group) is 1. The maximum Gasteiger partial charge on any atom is 0.0931 e. The number of nitrogens with two attached hydrogens (primary N) is 1. The van der Waals surface area contributed by atoms with Crippen molar-refractivity contribution in [2.75, 3.05) is 7.05 Å². The monoisotopic (exact) mass is 130 g/mol. The highest BCUT2D eigenvalue weighted by Gasteiger charge is 2.43. The lowest BCUT2D eigenvalue weighted by atomic mass is 10.3. The van der Waals surface area contributed by atoms with Crippen LogP contribution in [0.15, 0.2) is 0 Å². The minimum Gasteiger partial charge on any atom is -0.392 e. The predicted molar refractivity (Wildman–Crippen MR) is 37.8 cm³/mol. The maximum atomic E-state index is 5.41. The van der Waals surface area contributed by atoms with Gasteiger partial charge in [0.1, 0.15) is 0 Å². The first-order valence-electron chi connectivity index (χ1n) is 2.70. The van der Waals surface area contributed by atoms with Crippen molar-refractivity contribution in [3.8, 4) is 0 Å². The van der Waals surface area contributed by atoms with E-state index in [0.29, 0.717) is 4.99 Å². The van der Waals surface area contributed by atoms with Gasteiger partial charge in [0.2, 0.25) is 0 Å². The van der Waals surface area contributed by atoms with Gasteiger partial charge in [0.25, 0.3) is 0 Å². The number of nitrogens with one attached hydrogen (secondary N) is 1. The van der Waals surface area contributed by atoms with Crippen molar-refractivity contribution in [1.82, 2.24) is 5.32 Å². The summed E-state index contributed by atoms with van der Waals surface area (Å²) in [6, 6.07) is 0. The second-order valence-corrected chi connectivity index (χ2v) is 2.64. The Bertz CT molecular complexity index is 118. The summed E-state index contributed by atoms with van der Waals surface area (Å²) in [4.78, 5) is 0.611. The molecule has 1 aliphatic carbocycles. The van der Waals surface area contributed by atoms with Gasteiger partial charge in [-0.1, -0.05) is 12.2 Å². The van der Waals surface area contributed by atoms with E-state index in [4.69, 9.17) is 18.0 Å². The molecule has 0 radical (unpaired) electrons. The lowest BCUT2D eigenvalue weighted by Gasteiger charge is -2.09. The largest absolute Gasteiger partial charge is 0.392 e. The number of hydrogen-bond acceptors (Lipinski definition) is 2. The summed E-state index contributed by atoms with van der Waals surface area (Å²) in [7, 11) is 1.90. The maximum absolute atomic E-state index is 5.41. The molecule has 0 aromatic heterocycles. The molecule has 3 N–H and O–H groups in total. The Hall–Kier alpha value is -0.150. The van der Waals surface area contributed by atoms with Gasteiger partial charge in [-0.2, -0.15) is 0 Å². The van der Waals surface area contributed by atoms with Gasteiger partial charge in [-0.05, 0) is 19.9 Å². The Morgan fingerprint density at radius 1 is 1.75 bits per heavy atom. The van der Waals surface area contributed by atoms with Crippen molar-refractivity contribution >= 4 is 17.2 Å². The van der Waals surface area contributed by atoms with Crippen molar-refractivity contribution in [2.24, 2.45) is 5.73 Å². The van der Waals surface area contributed by atoms with E-state index in [9.17, 15) is 0 Å². The van der Waals surface area contributed by atoms with Crippen LogP contribution >= 0.6 is 12.2 Å². The zero-order valence-electron chi connectivity index (χ0n) is 4.90. The molecule has 0 spiro atoms. The molecule has 0 aromatic rings. The minimum atomic E-state index is 0.0509. The zero-order valence-corrected chi connectivity index (χ0v) is 5.72. The number of rotatable bonds is 2. The summed E-state index contributed by atoms with van der Waals surface area (Å²) in [6.07, 6.45) is 2.22. The Kier molecular flexibility index (Phi) is 1.25. The molecule has 0 atom stereocenters. The standard InChI is InChI=1S/C5H10N2S/c1-7-5(2-3-5)4(6)8/h7H,2-3H2,1H3,(H2,6,8). The molecule has 0 unspecified atom stereocenters. The van der Waals surface area contributed by atoms with E-state index in [1.54, 1.807) is 0 Å². The Balaban J connectivity index is 2.53. The number of hydrogen-bond donors (Lipinski definition) is 2. The predicted octanol–water partition coefficient (Wildman–Crippen LogP) is 0.0245. The summed E-state index contributed by atoms with van der Waals surface area (Å²) in [5.41, 5.74) is 5.46. The van der Waals surface area contributed by atoms with Crippen LogP contribution in [0.2, 0.25) is 0 Å². The molecular formula is C5H10N2S. The van der Waals surface area contributed by atoms with E-state index < -0.39 is 0 Å². The Morgan fingerprint density at radius 2 is 2.25 bits per heavy atom. The molecule has 3 heteroatoms. The third-order valence-electron chi connectivity index (χ3n) is 1.70. The second kappa shape index (κ2) is 1.67. The topological polar surface area (TPSA) is 38.0 Å². The van der Waals surface area contributed by atoms with Crippen LogP contribution in [0.5, 0.6) is 0 Å². The molecule has 0 bridgehead atoms. The quantitative estimate of drug-likeness (QED) is 0.518. The second-order valence-electron chi connectivity index (χ2n) is 2.20. The molecule has 1 fully saturated rings. The first kappa shape index (κ1) is 5.98. The molecule has 1 rings (SSSR count). The van der Waals surface area contributed by atoms with Crippen LogP contribution in [0.1, 0.15) is 12.8 Å². The molecule has 2 nitrogen and oxygen atoms in total. The van der Waals surface area contributed by atoms with E-state index in [2.05, 4.69) is 5.32 Å². The highest BCUT2D eigenvalue weighted by molar-refractivity contribution is 7.80. The van der Waals surface area contributed by atoms with Gasteiger partial charge in [0.05, 0.1) is 10.5 Å². The normalized spacial score (nSPS) is 22.6. The van der Waals surface area contributed by atoms with Gasteiger partial charge < -0.3 is 11.1 Å². The van der Waals surface area contributed by atoms with Gasteiger partial charge >= 0.3 is 0 Å². The molecule has 0 aliphatic heterocycles. The van der Waals surface area contributed by atoms with Crippen LogP contribution in [0.3, 0.4) is 0 Å². The van der Waals surface area contributed by atoms with Crippen LogP contribution in [-0.2, 0) is 0 Å². The van der Waals surface area contributed by atoms with Gasteiger partial charge in [0, 0.05) is 0 Å². The fraction of sp³-hybridized carbons (Fsp3) is 0.800. The lowest BCUT2D eigenvalue weighted by Crippen LogP contribution is -2.40. The van der Waals surface area contributed by atoms with Gasteiger partial charge in [0.15, 0.2) is 0 Å². The van der Waals surface area contributed by atoms with Crippen molar-refractivity contribution in [3.63, 3.8) is 0 Å². The van der Waals surface area contributed by atoms with Gasteiger partial charge in [-0.3, -0.25) is 0 Å². The van der Waals surface area contributed by atoms with Crippen LogP contribution < -0.4 is 11.1 Å². The molecule has 1 saturated carbocycles. The average molecular weight is 130 g/mol. The average Bonchev–Trinajstić information content (AvgIpc) is 2.44. The van der Waals surface area contributed by atoms with Gasteiger partial charge in [-0.25, -0.2) is 0 Å². The summed E-state index contributed by atoms with van der Waals surface area (Å²) >= 11 is 4.81. The Labute approximate surface area is 54.4 Å². The molecular weight excluding hydrogens is 120 g/mol. The molecule has 0 amide bonds. The van der Waals surface area contributed by atoms with Crippen molar-refractivity contribution in [1.29, 1.82) is 0 Å². The van der Waals surface area contributed by atoms with Gasteiger partial charge in [-0.15, -0.1) is 0 Å². The van der Waals surface area contributed by atoms with Crippen molar-refractivity contribution < 1.29 is 0 Å². The molecule has 0 heterocycles. The van der Waals surface area contributed by atoms with E-state index in [0.717, 1.165) is 12.8 Å². The molecule has 1 aliphatic rings. The summed E-state index contributed by atoms with van der Waals surface area (Å²) in [5, 5.41) is 3.09. The molecule has 0 saturated heterocycles. The summed E-state index contributed by atoms with van der Waals surface area (Å²) in [6.45, 7) is 0. The highest BCUT2D eigenvalue weighted by Crippen LogP contribution is 2.34. The fourth-order valence-electron chi connectivity index (χ4n) is 0.745. The first-order valence-corrected chi connectivity index (χ1v) is 3.11. The fourth-order valence-corrected chi connectivity index (χ4v) is 1.05. The van der Waals surface area contributed by atoms with E-state index in [-0.39, 0.29) is 5.54 Å². The minimum absolute atomic E-state index is 0.0509. The molecule has 46 valence electrons. The summed E-state index contributed by atoms with van der Waals surface area (Å²) < 4.78 is 0. The highest BCUT2D eigenvalue weighted by atomic mass is 32.1. The van der Waals surface area contributed by atoms with Crippen molar-refractivity contribution in [2.45, 2.75) is 18.4 Å². The smallest absolute Gasteiger partial charge is 0.0931 e. The number of thiocarbonyl (C=S) groups is 1. The summed E-state index contributed by atoms with van der Waals surface area (Å²) in [5.74, 6) is 0. The van der Waals surface area contributed by atoms with Crippen LogP contribution in [0, 0.1) is 0 Å². The van der Waals surface area contributed by atoms with Crippen molar-refractivity contribution in [3.05, 3.63) is 0 Å². The first-order chi connectivity index (χ1) is 3.71. The van der Waals surface area contributed by atoms with Crippen LogP contribution in [-0.4, -0.2) is 17.6 Å².